The molecule has 100 valence electrons. The number of thioether (sulfide) groups is 1. The number of hydrogen-bond donors (Lipinski definition) is 0. The molecule has 0 bridgehead atoms. The van der Waals surface area contributed by atoms with Crippen molar-refractivity contribution in [3.05, 3.63) is 60.2 Å². The molecule has 3 aromatic rings. The van der Waals surface area contributed by atoms with Crippen molar-refractivity contribution >= 4 is 28.9 Å². The van der Waals surface area contributed by atoms with Gasteiger partial charge in [-0.2, -0.15) is 11.8 Å². The molecular weight excluding hydrogens is 266 g/mol. The highest BCUT2D eigenvalue weighted by molar-refractivity contribution is 7.97. The van der Waals surface area contributed by atoms with Crippen LogP contribution in [0.3, 0.4) is 0 Å². The molecule has 20 heavy (non-hydrogen) atoms. The third-order valence-corrected chi connectivity index (χ3v) is 3.81. The van der Waals surface area contributed by atoms with Gasteiger partial charge in [0.15, 0.2) is 5.58 Å². The number of benzene rings is 2. The van der Waals surface area contributed by atoms with E-state index in [0.717, 1.165) is 28.0 Å². The summed E-state index contributed by atoms with van der Waals surface area (Å²) in [5.41, 5.74) is 5.11. The maximum Gasteiger partial charge on any atom is 0.227 e. The van der Waals surface area contributed by atoms with Crippen molar-refractivity contribution in [1.29, 1.82) is 0 Å². The Morgan fingerprint density at radius 3 is 2.85 bits per heavy atom. The predicted molar refractivity (Wildman–Crippen MR) is 86.8 cm³/mol. The van der Waals surface area contributed by atoms with Crippen LogP contribution in [-0.4, -0.2) is 11.2 Å². The largest absolute Gasteiger partial charge is 0.436 e. The minimum atomic E-state index is 0.657. The van der Waals surface area contributed by atoms with E-state index >= 15 is 0 Å². The molecule has 0 saturated heterocycles. The molecule has 0 N–H and O–H groups in total. The summed E-state index contributed by atoms with van der Waals surface area (Å²) in [5.74, 6) is 1.64. The molecule has 1 heterocycles. The zero-order valence-corrected chi connectivity index (χ0v) is 12.1. The molecule has 0 aliphatic heterocycles. The maximum atomic E-state index is 5.80. The quantitative estimate of drug-likeness (QED) is 0.673. The minimum absolute atomic E-state index is 0.657. The van der Waals surface area contributed by atoms with Gasteiger partial charge in [-0.1, -0.05) is 30.9 Å². The molecular formula is C17H15NOS. The van der Waals surface area contributed by atoms with Crippen molar-refractivity contribution in [2.45, 2.75) is 5.75 Å². The van der Waals surface area contributed by atoms with Crippen LogP contribution in [0.2, 0.25) is 0 Å². The smallest absolute Gasteiger partial charge is 0.227 e. The first-order valence-corrected chi connectivity index (χ1v) is 7.81. The van der Waals surface area contributed by atoms with E-state index in [1.165, 1.54) is 5.56 Å². The van der Waals surface area contributed by atoms with Crippen molar-refractivity contribution in [2.75, 3.05) is 6.26 Å². The van der Waals surface area contributed by atoms with Crippen molar-refractivity contribution in [3.8, 4) is 11.5 Å². The molecule has 3 heteroatoms. The van der Waals surface area contributed by atoms with Crippen LogP contribution in [0.25, 0.3) is 28.6 Å². The molecule has 0 aliphatic carbocycles. The van der Waals surface area contributed by atoms with Gasteiger partial charge in [-0.3, -0.25) is 0 Å². The molecule has 0 aliphatic rings. The van der Waals surface area contributed by atoms with Crippen molar-refractivity contribution in [3.63, 3.8) is 0 Å². The van der Waals surface area contributed by atoms with E-state index in [2.05, 4.69) is 36.0 Å². The van der Waals surface area contributed by atoms with Crippen LogP contribution in [-0.2, 0) is 5.75 Å². The van der Waals surface area contributed by atoms with Gasteiger partial charge in [0.05, 0.1) is 0 Å². The van der Waals surface area contributed by atoms with Gasteiger partial charge in [-0.25, -0.2) is 4.98 Å². The lowest BCUT2D eigenvalue weighted by Crippen LogP contribution is -1.88. The van der Waals surface area contributed by atoms with Gasteiger partial charge in [-0.05, 0) is 41.6 Å². The Hall–Kier alpha value is -2.00. The highest BCUT2D eigenvalue weighted by atomic mass is 32.2. The second-order valence-electron chi connectivity index (χ2n) is 4.54. The van der Waals surface area contributed by atoms with Crippen LogP contribution >= 0.6 is 11.8 Å². The van der Waals surface area contributed by atoms with Crippen molar-refractivity contribution in [2.24, 2.45) is 0 Å². The molecule has 0 fully saturated rings. The molecule has 2 nitrogen and oxygen atoms in total. The monoisotopic (exact) mass is 281 g/mol. The van der Waals surface area contributed by atoms with Gasteiger partial charge in [0.2, 0.25) is 5.89 Å². The molecule has 3 rings (SSSR count). The summed E-state index contributed by atoms with van der Waals surface area (Å²) in [4.78, 5) is 4.53. The SMILES string of the molecule is C=Cc1cc(-c2nc3ccccc3o2)ccc1CSC. The molecule has 0 saturated carbocycles. The standard InChI is InChI=1S/C17H15NOS/c1-3-12-10-13(8-9-14(12)11-20-2)17-18-15-6-4-5-7-16(15)19-17/h3-10H,1,11H2,2H3. The van der Waals surface area contributed by atoms with Gasteiger partial charge < -0.3 is 4.42 Å². The van der Waals surface area contributed by atoms with Gasteiger partial charge in [0.25, 0.3) is 0 Å². The fourth-order valence-electron chi connectivity index (χ4n) is 2.20. The molecule has 0 unspecified atom stereocenters. The summed E-state index contributed by atoms with van der Waals surface area (Å²) in [6.07, 6.45) is 3.99. The lowest BCUT2D eigenvalue weighted by molar-refractivity contribution is 0.620. The third-order valence-electron chi connectivity index (χ3n) is 3.21. The first-order valence-electron chi connectivity index (χ1n) is 6.42. The number of oxazole rings is 1. The van der Waals surface area contributed by atoms with E-state index in [1.54, 1.807) is 11.8 Å². The average Bonchev–Trinajstić information content (AvgIpc) is 2.92. The van der Waals surface area contributed by atoms with Crippen LogP contribution in [0.1, 0.15) is 11.1 Å². The average molecular weight is 281 g/mol. The Labute approximate surface area is 122 Å². The molecule has 0 radical (unpaired) electrons. The zero-order chi connectivity index (χ0) is 13.9. The zero-order valence-electron chi connectivity index (χ0n) is 11.3. The summed E-state index contributed by atoms with van der Waals surface area (Å²) >= 11 is 1.80. The highest BCUT2D eigenvalue weighted by Gasteiger charge is 2.09. The number of aromatic nitrogens is 1. The van der Waals surface area contributed by atoms with E-state index in [9.17, 15) is 0 Å². The summed E-state index contributed by atoms with van der Waals surface area (Å²) in [6, 6.07) is 14.1. The Bertz CT molecular complexity index is 728. The summed E-state index contributed by atoms with van der Waals surface area (Å²) in [5, 5.41) is 0. The summed E-state index contributed by atoms with van der Waals surface area (Å²) in [6.45, 7) is 3.89. The van der Waals surface area contributed by atoms with Crippen molar-refractivity contribution in [1.82, 2.24) is 4.98 Å². The summed E-state index contributed by atoms with van der Waals surface area (Å²) in [7, 11) is 0. The Morgan fingerprint density at radius 1 is 1.25 bits per heavy atom. The lowest BCUT2D eigenvalue weighted by atomic mass is 10.1. The lowest BCUT2D eigenvalue weighted by Gasteiger charge is -2.05. The van der Waals surface area contributed by atoms with E-state index in [4.69, 9.17) is 4.42 Å². The first kappa shape index (κ1) is 13.0. The number of rotatable bonds is 4. The van der Waals surface area contributed by atoms with Crippen LogP contribution in [0.4, 0.5) is 0 Å². The first-order chi connectivity index (χ1) is 9.81. The van der Waals surface area contributed by atoms with Crippen LogP contribution < -0.4 is 0 Å². The molecule has 0 atom stereocenters. The molecule has 0 amide bonds. The molecule has 2 aromatic carbocycles. The Morgan fingerprint density at radius 2 is 2.10 bits per heavy atom. The topological polar surface area (TPSA) is 26.0 Å². The normalized spacial score (nSPS) is 10.8. The summed E-state index contributed by atoms with van der Waals surface area (Å²) < 4.78 is 5.80. The van der Waals surface area contributed by atoms with Crippen LogP contribution in [0.5, 0.6) is 0 Å². The minimum Gasteiger partial charge on any atom is -0.436 e. The predicted octanol–water partition coefficient (Wildman–Crippen LogP) is 5.00. The second kappa shape index (κ2) is 5.55. The fourth-order valence-corrected chi connectivity index (χ4v) is 2.77. The van der Waals surface area contributed by atoms with E-state index < -0.39 is 0 Å². The number of fused-ring (bicyclic) bond motifs is 1. The highest BCUT2D eigenvalue weighted by Crippen LogP contribution is 2.27. The van der Waals surface area contributed by atoms with Gasteiger partial charge >= 0.3 is 0 Å². The molecule has 1 aromatic heterocycles. The fraction of sp³-hybridized carbons (Fsp3) is 0.118. The third kappa shape index (κ3) is 2.37. The molecule has 0 spiro atoms. The van der Waals surface area contributed by atoms with Crippen LogP contribution in [0, 0.1) is 0 Å². The number of hydrogen-bond acceptors (Lipinski definition) is 3. The maximum absolute atomic E-state index is 5.80. The van der Waals surface area contributed by atoms with E-state index in [-0.39, 0.29) is 0 Å². The van der Waals surface area contributed by atoms with Crippen molar-refractivity contribution < 1.29 is 4.42 Å². The second-order valence-corrected chi connectivity index (χ2v) is 5.40. The van der Waals surface area contributed by atoms with Crippen LogP contribution in [0.15, 0.2) is 53.5 Å². The number of nitrogens with zero attached hydrogens (tertiary/aromatic N) is 1. The van der Waals surface area contributed by atoms with Gasteiger partial charge in [0.1, 0.15) is 5.52 Å². The van der Waals surface area contributed by atoms with E-state index in [0.29, 0.717) is 5.89 Å². The Kier molecular flexibility index (Phi) is 3.61. The van der Waals surface area contributed by atoms with Gasteiger partial charge in [0, 0.05) is 11.3 Å². The van der Waals surface area contributed by atoms with E-state index in [1.807, 2.05) is 30.3 Å². The Balaban J connectivity index is 2.07. The number of para-hydroxylation sites is 2. The van der Waals surface area contributed by atoms with Gasteiger partial charge in [-0.15, -0.1) is 0 Å².